The van der Waals surface area contributed by atoms with Crippen molar-refractivity contribution >= 4 is 29.4 Å². The molecule has 1 aliphatic heterocycles. The molecule has 6 heteroatoms. The Morgan fingerprint density at radius 1 is 1.27 bits per heavy atom. The maximum atomic E-state index is 5.07. The van der Waals surface area contributed by atoms with E-state index in [0.717, 1.165) is 5.69 Å². The van der Waals surface area contributed by atoms with Gasteiger partial charge < -0.3 is 10.6 Å². The predicted octanol–water partition coefficient (Wildman–Crippen LogP) is 1.75. The minimum absolute atomic E-state index is 0.395. The molecular weight excluding hydrogens is 210 g/mol. The molecule has 0 aliphatic carbocycles. The zero-order chi connectivity index (χ0) is 10.5. The highest BCUT2D eigenvalue weighted by atomic mass is 32.1. The lowest BCUT2D eigenvalue weighted by Crippen LogP contribution is -2.34. The van der Waals surface area contributed by atoms with Crippen molar-refractivity contribution in [1.82, 2.24) is 5.32 Å². The van der Waals surface area contributed by atoms with Gasteiger partial charge in [0.25, 0.3) is 0 Å². The van der Waals surface area contributed by atoms with Crippen LogP contribution in [0.1, 0.15) is 0 Å². The zero-order valence-corrected chi connectivity index (χ0v) is 8.61. The lowest BCUT2D eigenvalue weighted by atomic mass is 10.3. The van der Waals surface area contributed by atoms with E-state index < -0.39 is 6.29 Å². The van der Waals surface area contributed by atoms with Gasteiger partial charge in [-0.3, -0.25) is 0 Å². The van der Waals surface area contributed by atoms with Gasteiger partial charge in [0.05, 0.1) is 0 Å². The maximum Gasteiger partial charge on any atom is 0.237 e. The summed E-state index contributed by atoms with van der Waals surface area (Å²) in [5.74, 6) is 0. The van der Waals surface area contributed by atoms with Crippen molar-refractivity contribution in [3.05, 3.63) is 30.3 Å². The molecule has 0 bridgehead atoms. The predicted molar refractivity (Wildman–Crippen MR) is 62.9 cm³/mol. The number of hydrogen-bond donors (Lipinski definition) is 2. The average Bonchev–Trinajstić information content (AvgIpc) is 2.71. The molecule has 1 aliphatic rings. The highest BCUT2D eigenvalue weighted by Gasteiger charge is 2.08. The number of hydrogen-bond acceptors (Lipinski definition) is 4. The van der Waals surface area contributed by atoms with Crippen LogP contribution in [0.2, 0.25) is 0 Å². The molecule has 2 rings (SSSR count). The molecule has 5 nitrogen and oxygen atoms in total. The van der Waals surface area contributed by atoms with Gasteiger partial charge in [0.2, 0.25) is 6.29 Å². The van der Waals surface area contributed by atoms with E-state index in [9.17, 15) is 0 Å². The molecule has 0 spiro atoms. The number of nitrogens with zero attached hydrogens (tertiary/aromatic N) is 3. The van der Waals surface area contributed by atoms with Crippen LogP contribution >= 0.6 is 12.2 Å². The second-order valence-electron chi connectivity index (χ2n) is 2.83. The molecule has 76 valence electrons. The van der Waals surface area contributed by atoms with E-state index in [4.69, 9.17) is 12.2 Å². The summed E-state index contributed by atoms with van der Waals surface area (Å²) < 4.78 is 0. The second kappa shape index (κ2) is 4.61. The van der Waals surface area contributed by atoms with Crippen LogP contribution in [-0.2, 0) is 0 Å². The fourth-order valence-electron chi connectivity index (χ4n) is 1.09. The van der Waals surface area contributed by atoms with Crippen LogP contribution in [0.15, 0.2) is 45.6 Å². The Bertz CT molecular complexity index is 388. The summed E-state index contributed by atoms with van der Waals surface area (Å²) in [6.07, 6.45) is 0.997. The van der Waals surface area contributed by atoms with E-state index in [1.165, 1.54) is 6.34 Å². The lowest BCUT2D eigenvalue weighted by molar-refractivity contribution is 0.671. The Morgan fingerprint density at radius 2 is 2.07 bits per heavy atom. The molecule has 1 aromatic carbocycles. The number of nitrogens with one attached hydrogen (secondary N) is 2. The summed E-state index contributed by atoms with van der Waals surface area (Å²) in [5.41, 5.74) is 0.925. The molecule has 0 fully saturated rings. The topological polar surface area (TPSA) is 61.1 Å². The van der Waals surface area contributed by atoms with Gasteiger partial charge in [0.15, 0.2) is 5.11 Å². The maximum absolute atomic E-state index is 5.07. The third kappa shape index (κ3) is 2.81. The van der Waals surface area contributed by atoms with Crippen LogP contribution in [0.3, 0.4) is 0 Å². The number of thiocarbonyl (C=S) groups is 1. The van der Waals surface area contributed by atoms with Gasteiger partial charge in [-0.2, -0.15) is 0 Å². The minimum Gasteiger partial charge on any atom is -0.333 e. The van der Waals surface area contributed by atoms with Crippen molar-refractivity contribution in [2.24, 2.45) is 15.2 Å². The van der Waals surface area contributed by atoms with E-state index in [1.807, 2.05) is 30.3 Å². The summed E-state index contributed by atoms with van der Waals surface area (Å²) >= 11 is 5.07. The number of rotatable bonds is 2. The van der Waals surface area contributed by atoms with Crippen molar-refractivity contribution in [3.8, 4) is 0 Å². The molecule has 0 saturated carbocycles. The molecule has 0 amide bonds. The van der Waals surface area contributed by atoms with Gasteiger partial charge in [-0.05, 0) is 24.4 Å². The average molecular weight is 219 g/mol. The summed E-state index contributed by atoms with van der Waals surface area (Å²) in [6, 6.07) is 9.65. The first-order chi connectivity index (χ1) is 7.34. The first-order valence-corrected chi connectivity index (χ1v) is 4.79. The Balaban J connectivity index is 1.87. The molecule has 1 atom stereocenters. The smallest absolute Gasteiger partial charge is 0.237 e. The van der Waals surface area contributed by atoms with Gasteiger partial charge in [-0.1, -0.05) is 18.2 Å². The van der Waals surface area contributed by atoms with Crippen molar-refractivity contribution in [1.29, 1.82) is 0 Å². The van der Waals surface area contributed by atoms with Crippen LogP contribution in [0.5, 0.6) is 0 Å². The van der Waals surface area contributed by atoms with E-state index in [1.54, 1.807) is 0 Å². The highest BCUT2D eigenvalue weighted by molar-refractivity contribution is 7.80. The number of benzene rings is 1. The van der Waals surface area contributed by atoms with E-state index >= 15 is 0 Å². The quantitative estimate of drug-likeness (QED) is 0.745. The molecule has 1 heterocycles. The third-order valence-corrected chi connectivity index (χ3v) is 1.95. The summed E-state index contributed by atoms with van der Waals surface area (Å²) in [7, 11) is 0. The van der Waals surface area contributed by atoms with E-state index in [-0.39, 0.29) is 0 Å². The monoisotopic (exact) mass is 219 g/mol. The van der Waals surface area contributed by atoms with Crippen LogP contribution in [0, 0.1) is 0 Å². The minimum atomic E-state index is -0.395. The summed E-state index contributed by atoms with van der Waals surface area (Å²) in [5, 5.41) is 13.8. The van der Waals surface area contributed by atoms with Crippen molar-refractivity contribution in [3.63, 3.8) is 0 Å². The molecule has 0 saturated heterocycles. The molecule has 1 aromatic rings. The third-order valence-electron chi connectivity index (χ3n) is 1.73. The molecule has 15 heavy (non-hydrogen) atoms. The molecule has 0 radical (unpaired) electrons. The van der Waals surface area contributed by atoms with Gasteiger partial charge in [0.1, 0.15) is 6.34 Å². The summed E-state index contributed by atoms with van der Waals surface area (Å²) in [4.78, 5) is 3.92. The van der Waals surface area contributed by atoms with Gasteiger partial charge in [-0.25, -0.2) is 4.99 Å². The van der Waals surface area contributed by atoms with Gasteiger partial charge in [-0.15, -0.1) is 10.2 Å². The number of para-hydroxylation sites is 1. The first kappa shape index (κ1) is 9.72. The van der Waals surface area contributed by atoms with Crippen LogP contribution in [0.25, 0.3) is 0 Å². The number of anilines is 1. The fourth-order valence-corrected chi connectivity index (χ4v) is 1.31. The SMILES string of the molecule is S=C(Nc1ccccc1)NC1N=CN=N1. The highest BCUT2D eigenvalue weighted by Crippen LogP contribution is 2.05. The standard InChI is InChI=1S/C9H9N5S/c15-9(13-8-10-6-11-14-8)12-7-4-2-1-3-5-7/h1-6,8H,(H2,12,13,15). The van der Waals surface area contributed by atoms with Gasteiger partial charge >= 0.3 is 0 Å². The van der Waals surface area contributed by atoms with Crippen LogP contribution in [0.4, 0.5) is 5.69 Å². The normalized spacial score (nSPS) is 17.7. The largest absolute Gasteiger partial charge is 0.333 e. The van der Waals surface area contributed by atoms with Crippen molar-refractivity contribution in [2.75, 3.05) is 5.32 Å². The first-order valence-electron chi connectivity index (χ1n) is 4.39. The van der Waals surface area contributed by atoms with Crippen molar-refractivity contribution < 1.29 is 0 Å². The van der Waals surface area contributed by atoms with Crippen molar-refractivity contribution in [2.45, 2.75) is 6.29 Å². The van der Waals surface area contributed by atoms with Crippen LogP contribution in [-0.4, -0.2) is 17.7 Å². The van der Waals surface area contributed by atoms with E-state index in [0.29, 0.717) is 5.11 Å². The number of azo groups is 1. The second-order valence-corrected chi connectivity index (χ2v) is 3.24. The fraction of sp³-hybridized carbons (Fsp3) is 0.111. The molecular formula is C9H9N5S. The lowest BCUT2D eigenvalue weighted by Gasteiger charge is -2.10. The summed E-state index contributed by atoms with van der Waals surface area (Å²) in [6.45, 7) is 0. The molecule has 0 aromatic heterocycles. The Kier molecular flexibility index (Phi) is 2.99. The van der Waals surface area contributed by atoms with Gasteiger partial charge in [0, 0.05) is 5.69 Å². The molecule has 2 N–H and O–H groups in total. The number of aliphatic imine (C=N–C) groups is 1. The van der Waals surface area contributed by atoms with E-state index in [2.05, 4.69) is 25.9 Å². The zero-order valence-electron chi connectivity index (χ0n) is 7.79. The Hall–Kier alpha value is -1.82. The molecule has 1 unspecified atom stereocenters. The van der Waals surface area contributed by atoms with Crippen LogP contribution < -0.4 is 10.6 Å². The Labute approximate surface area is 92.3 Å². The Morgan fingerprint density at radius 3 is 2.73 bits per heavy atom.